The number of rotatable bonds is 3. The smallest absolute Gasteiger partial charge is 0.242 e. The first-order valence-corrected chi connectivity index (χ1v) is 8.10. The summed E-state index contributed by atoms with van der Waals surface area (Å²) in [6.07, 6.45) is -0.0956. The molecule has 0 aliphatic carbocycles. The molecule has 1 aromatic rings. The van der Waals surface area contributed by atoms with Gasteiger partial charge >= 0.3 is 0 Å². The zero-order chi connectivity index (χ0) is 15.2. The minimum Gasteiger partial charge on any atom is -0.497 e. The van der Waals surface area contributed by atoms with E-state index < -0.39 is 5.79 Å². The van der Waals surface area contributed by atoms with Gasteiger partial charge in [0.25, 0.3) is 0 Å². The minimum absolute atomic E-state index is 0.00766. The second-order valence-corrected chi connectivity index (χ2v) is 7.01. The first-order valence-electron chi connectivity index (χ1n) is 6.86. The highest BCUT2D eigenvalue weighted by Gasteiger charge is 2.54. The van der Waals surface area contributed by atoms with Crippen LogP contribution in [0.4, 0.5) is 5.69 Å². The Bertz CT molecular complexity index is 545. The number of amides is 1. The Balaban J connectivity index is 1.81. The van der Waals surface area contributed by atoms with Crippen LogP contribution in [0.25, 0.3) is 0 Å². The van der Waals surface area contributed by atoms with Crippen LogP contribution < -0.4 is 9.64 Å². The molecule has 1 aromatic carbocycles. The van der Waals surface area contributed by atoms with Crippen LogP contribution in [0.15, 0.2) is 24.3 Å². The fourth-order valence-electron chi connectivity index (χ4n) is 2.76. The Kier molecular flexibility index (Phi) is 3.87. The van der Waals surface area contributed by atoms with E-state index in [-0.39, 0.29) is 22.0 Å². The van der Waals surface area contributed by atoms with E-state index >= 15 is 0 Å². The average molecular weight is 403 g/mol. The highest BCUT2D eigenvalue weighted by atomic mass is 127. The van der Waals surface area contributed by atoms with Crippen LogP contribution in [0, 0.1) is 0 Å². The Morgan fingerprint density at radius 2 is 2.00 bits per heavy atom. The first-order chi connectivity index (χ1) is 9.93. The Labute approximate surface area is 137 Å². The third kappa shape index (κ3) is 2.64. The number of carbonyl (C=O) groups excluding carboxylic acids is 1. The Hall–Kier alpha value is -0.860. The number of nitrogens with zero attached hydrogens (tertiary/aromatic N) is 1. The standard InChI is InChI=1S/C15H18INO4/c1-15(2)20-8-11(21-15)13-12(16)14(18)17(13)9-4-6-10(19-3)7-5-9/h4-7,11-13H,8H2,1-3H3/t11-,12-,13+/m1/s1. The molecule has 0 radical (unpaired) electrons. The number of ether oxygens (including phenoxy) is 3. The maximum Gasteiger partial charge on any atom is 0.242 e. The summed E-state index contributed by atoms with van der Waals surface area (Å²) in [4.78, 5) is 14.0. The van der Waals surface area contributed by atoms with Gasteiger partial charge in [-0.3, -0.25) is 4.79 Å². The van der Waals surface area contributed by atoms with Crippen molar-refractivity contribution in [2.75, 3.05) is 18.6 Å². The molecule has 3 atom stereocenters. The van der Waals surface area contributed by atoms with Crippen LogP contribution in [-0.2, 0) is 14.3 Å². The van der Waals surface area contributed by atoms with Crippen molar-refractivity contribution in [1.29, 1.82) is 0 Å². The lowest BCUT2D eigenvalue weighted by molar-refractivity contribution is -0.146. The SMILES string of the molecule is COc1ccc(N2C(=O)[C@H](I)[C@@H]2[C@H]2COC(C)(C)O2)cc1. The number of hydrogen-bond acceptors (Lipinski definition) is 4. The summed E-state index contributed by atoms with van der Waals surface area (Å²) in [6.45, 7) is 4.30. The van der Waals surface area contributed by atoms with Gasteiger partial charge in [0.1, 0.15) is 15.8 Å². The predicted octanol–water partition coefficient (Wildman–Crippen LogP) is 2.37. The van der Waals surface area contributed by atoms with E-state index in [1.54, 1.807) is 12.0 Å². The molecule has 114 valence electrons. The summed E-state index contributed by atoms with van der Waals surface area (Å²) in [7, 11) is 1.62. The van der Waals surface area contributed by atoms with E-state index in [1.165, 1.54) is 0 Å². The number of alkyl halides is 1. The molecule has 6 heteroatoms. The summed E-state index contributed by atoms with van der Waals surface area (Å²) < 4.78 is 16.6. The van der Waals surface area contributed by atoms with Crippen molar-refractivity contribution in [3.8, 4) is 5.75 Å². The van der Waals surface area contributed by atoms with E-state index in [4.69, 9.17) is 14.2 Å². The minimum atomic E-state index is -0.578. The largest absolute Gasteiger partial charge is 0.497 e. The molecule has 2 aliphatic rings. The van der Waals surface area contributed by atoms with Gasteiger partial charge < -0.3 is 19.1 Å². The molecule has 21 heavy (non-hydrogen) atoms. The van der Waals surface area contributed by atoms with Crippen LogP contribution >= 0.6 is 22.6 Å². The molecule has 1 amide bonds. The van der Waals surface area contributed by atoms with Gasteiger partial charge in [-0.25, -0.2) is 0 Å². The van der Waals surface area contributed by atoms with Gasteiger partial charge in [-0.05, 0) is 38.1 Å². The van der Waals surface area contributed by atoms with Crippen molar-refractivity contribution in [3.63, 3.8) is 0 Å². The van der Waals surface area contributed by atoms with Crippen LogP contribution in [0.2, 0.25) is 0 Å². The number of β-lactam (4-membered cyclic amide) rings is 1. The molecule has 0 N–H and O–H groups in total. The summed E-state index contributed by atoms with van der Waals surface area (Å²) in [6, 6.07) is 7.51. The van der Waals surface area contributed by atoms with E-state index in [2.05, 4.69) is 22.6 Å². The van der Waals surface area contributed by atoms with Gasteiger partial charge in [0.2, 0.25) is 5.91 Å². The number of carbonyl (C=O) groups is 1. The molecule has 0 saturated carbocycles. The van der Waals surface area contributed by atoms with Gasteiger partial charge in [0.05, 0.1) is 19.8 Å². The number of methoxy groups -OCH3 is 1. The van der Waals surface area contributed by atoms with E-state index in [0.29, 0.717) is 6.61 Å². The zero-order valence-electron chi connectivity index (χ0n) is 12.2. The van der Waals surface area contributed by atoms with Gasteiger partial charge in [-0.15, -0.1) is 0 Å². The maximum atomic E-state index is 12.2. The lowest BCUT2D eigenvalue weighted by atomic mass is 9.95. The van der Waals surface area contributed by atoms with E-state index in [1.807, 2.05) is 38.1 Å². The van der Waals surface area contributed by atoms with Gasteiger partial charge in [0, 0.05) is 5.69 Å². The third-order valence-corrected chi connectivity index (χ3v) is 5.10. The third-order valence-electron chi connectivity index (χ3n) is 3.83. The van der Waals surface area contributed by atoms with E-state index in [9.17, 15) is 4.79 Å². The lowest BCUT2D eigenvalue weighted by Crippen LogP contribution is -2.67. The lowest BCUT2D eigenvalue weighted by Gasteiger charge is -2.47. The van der Waals surface area contributed by atoms with Crippen LogP contribution in [0.3, 0.4) is 0 Å². The number of benzene rings is 1. The quantitative estimate of drug-likeness (QED) is 0.442. The summed E-state index contributed by atoms with van der Waals surface area (Å²) in [5, 5.41) is 0. The number of halogens is 1. The highest BCUT2D eigenvalue weighted by Crippen LogP contribution is 2.39. The molecule has 2 aliphatic heterocycles. The number of hydrogen-bond donors (Lipinski definition) is 0. The topological polar surface area (TPSA) is 48.0 Å². The monoisotopic (exact) mass is 403 g/mol. The molecular weight excluding hydrogens is 385 g/mol. The Morgan fingerprint density at radius 1 is 1.33 bits per heavy atom. The highest BCUT2D eigenvalue weighted by molar-refractivity contribution is 14.1. The van der Waals surface area contributed by atoms with E-state index in [0.717, 1.165) is 11.4 Å². The van der Waals surface area contributed by atoms with Gasteiger partial charge in [-0.2, -0.15) is 0 Å². The van der Waals surface area contributed by atoms with Gasteiger partial charge in [0.15, 0.2) is 5.79 Å². The van der Waals surface area contributed by atoms with Crippen molar-refractivity contribution in [3.05, 3.63) is 24.3 Å². The van der Waals surface area contributed by atoms with Gasteiger partial charge in [-0.1, -0.05) is 22.6 Å². The first kappa shape index (κ1) is 15.1. The van der Waals surface area contributed by atoms with Crippen molar-refractivity contribution in [2.24, 2.45) is 0 Å². The normalized spacial score (nSPS) is 31.1. The molecule has 3 rings (SSSR count). The summed E-state index contributed by atoms with van der Waals surface area (Å²) in [5.74, 6) is 0.306. The molecule has 2 heterocycles. The van der Waals surface area contributed by atoms with Crippen LogP contribution in [0.1, 0.15) is 13.8 Å². The van der Waals surface area contributed by atoms with Crippen LogP contribution in [-0.4, -0.2) is 41.5 Å². The van der Waals surface area contributed by atoms with Crippen molar-refractivity contribution in [1.82, 2.24) is 0 Å². The fraction of sp³-hybridized carbons (Fsp3) is 0.533. The van der Waals surface area contributed by atoms with Crippen molar-refractivity contribution >= 4 is 34.2 Å². The molecule has 0 unspecified atom stereocenters. The number of anilines is 1. The predicted molar refractivity (Wildman–Crippen MR) is 87.0 cm³/mol. The maximum absolute atomic E-state index is 12.2. The summed E-state index contributed by atoms with van der Waals surface area (Å²) >= 11 is 2.19. The second kappa shape index (κ2) is 5.40. The molecule has 0 bridgehead atoms. The van der Waals surface area contributed by atoms with Crippen molar-refractivity contribution in [2.45, 2.75) is 35.7 Å². The summed E-state index contributed by atoms with van der Waals surface area (Å²) in [5.41, 5.74) is 0.868. The van der Waals surface area contributed by atoms with Crippen molar-refractivity contribution < 1.29 is 19.0 Å². The second-order valence-electron chi connectivity index (χ2n) is 5.67. The molecule has 2 saturated heterocycles. The molecule has 2 fully saturated rings. The Morgan fingerprint density at radius 3 is 2.52 bits per heavy atom. The molecular formula is C15H18INO4. The molecule has 0 spiro atoms. The fourth-order valence-corrected chi connectivity index (χ4v) is 3.84. The molecule has 5 nitrogen and oxygen atoms in total. The zero-order valence-corrected chi connectivity index (χ0v) is 14.4. The molecule has 0 aromatic heterocycles. The average Bonchev–Trinajstić information content (AvgIpc) is 2.83. The van der Waals surface area contributed by atoms with Crippen LogP contribution in [0.5, 0.6) is 5.75 Å².